The van der Waals surface area contributed by atoms with Gasteiger partial charge in [-0.15, -0.1) is 11.6 Å². The molecule has 0 aliphatic heterocycles. The van der Waals surface area contributed by atoms with Crippen LogP contribution in [0.15, 0.2) is 24.3 Å². The van der Waals surface area contributed by atoms with Gasteiger partial charge in [-0.2, -0.15) is 0 Å². The van der Waals surface area contributed by atoms with Crippen LogP contribution >= 0.6 is 11.6 Å². The van der Waals surface area contributed by atoms with Crippen molar-refractivity contribution >= 4 is 33.2 Å². The van der Waals surface area contributed by atoms with E-state index in [9.17, 15) is 13.2 Å². The second-order valence-electron chi connectivity index (χ2n) is 3.60. The normalized spacial score (nSPS) is 10.8. The topological polar surface area (TPSA) is 84.5 Å². The van der Waals surface area contributed by atoms with E-state index in [1.165, 1.54) is 13.1 Å². The monoisotopic (exact) mass is 306 g/mol. The molecule has 0 atom stereocenters. The number of alkyl halides is 1. The number of halogens is 1. The molecule has 0 bridgehead atoms. The Bertz CT molecular complexity index is 533. The molecule has 106 valence electrons. The summed E-state index contributed by atoms with van der Waals surface area (Å²) >= 11 is 5.40. The number of benzene rings is 1. The number of ether oxygens (including phenoxy) is 1. The van der Waals surface area contributed by atoms with Gasteiger partial charge < -0.3 is 10.1 Å². The largest absolute Gasteiger partial charge is 0.484 e. The Morgan fingerprint density at radius 3 is 2.79 bits per heavy atom. The number of likely N-dealkylation sites (N-methyl/N-ethyl adjacent to an activating group) is 1. The van der Waals surface area contributed by atoms with Gasteiger partial charge in [0.15, 0.2) is 6.61 Å². The number of nitrogens with one attached hydrogen (secondary N) is 2. The molecule has 1 aromatic carbocycles. The van der Waals surface area contributed by atoms with E-state index in [2.05, 4.69) is 10.0 Å². The summed E-state index contributed by atoms with van der Waals surface area (Å²) in [5.74, 6) is -0.0251. The second kappa shape index (κ2) is 7.20. The Hall–Kier alpha value is -1.47. The average molecular weight is 307 g/mol. The van der Waals surface area contributed by atoms with Crippen molar-refractivity contribution in [1.29, 1.82) is 0 Å². The lowest BCUT2D eigenvalue weighted by atomic mass is 10.3. The highest BCUT2D eigenvalue weighted by atomic mass is 35.5. The second-order valence-corrected chi connectivity index (χ2v) is 5.82. The smallest absolute Gasteiger partial charge is 0.257 e. The number of anilines is 1. The van der Waals surface area contributed by atoms with Crippen LogP contribution in [0.1, 0.15) is 0 Å². The maximum atomic E-state index is 11.5. The van der Waals surface area contributed by atoms with E-state index >= 15 is 0 Å². The zero-order valence-corrected chi connectivity index (χ0v) is 11.9. The van der Waals surface area contributed by atoms with Gasteiger partial charge in [-0.1, -0.05) is 6.07 Å². The van der Waals surface area contributed by atoms with Crippen molar-refractivity contribution in [2.45, 2.75) is 0 Å². The Morgan fingerprint density at radius 2 is 2.16 bits per heavy atom. The summed E-state index contributed by atoms with van der Waals surface area (Å²) < 4.78 is 30.6. The molecule has 0 unspecified atom stereocenters. The molecule has 0 aliphatic rings. The molecule has 0 fully saturated rings. The zero-order valence-electron chi connectivity index (χ0n) is 10.3. The molecule has 0 aromatic heterocycles. The molecule has 0 spiro atoms. The van der Waals surface area contributed by atoms with E-state index in [0.29, 0.717) is 11.4 Å². The molecular weight excluding hydrogens is 292 g/mol. The molecule has 0 heterocycles. The van der Waals surface area contributed by atoms with Crippen LogP contribution in [0.5, 0.6) is 5.75 Å². The highest BCUT2D eigenvalue weighted by Crippen LogP contribution is 2.18. The molecule has 1 amide bonds. The third-order valence-corrected chi connectivity index (χ3v) is 3.80. The minimum absolute atomic E-state index is 0.0161. The van der Waals surface area contributed by atoms with Crippen LogP contribution in [0.4, 0.5) is 5.69 Å². The zero-order chi connectivity index (χ0) is 14.3. The quantitative estimate of drug-likeness (QED) is 0.730. The van der Waals surface area contributed by atoms with E-state index < -0.39 is 10.0 Å². The van der Waals surface area contributed by atoms with E-state index in [4.69, 9.17) is 16.3 Å². The predicted octanol–water partition coefficient (Wildman–Crippen LogP) is 0.792. The lowest BCUT2D eigenvalue weighted by molar-refractivity contribution is -0.122. The fraction of sp³-hybridized carbons (Fsp3) is 0.364. The molecule has 8 heteroatoms. The van der Waals surface area contributed by atoms with Gasteiger partial charge in [0.2, 0.25) is 10.0 Å². The van der Waals surface area contributed by atoms with Crippen LogP contribution < -0.4 is 14.8 Å². The number of amides is 1. The van der Waals surface area contributed by atoms with Gasteiger partial charge in [-0.3, -0.25) is 9.52 Å². The summed E-state index contributed by atoms with van der Waals surface area (Å²) in [4.78, 5) is 11.0. The van der Waals surface area contributed by atoms with E-state index in [1.54, 1.807) is 18.2 Å². The number of sulfonamides is 1. The molecule has 1 rings (SSSR count). The van der Waals surface area contributed by atoms with E-state index in [0.717, 1.165) is 0 Å². The SMILES string of the molecule is CNC(=O)COc1cccc(NS(=O)(=O)CCCl)c1. The Labute approximate surface area is 117 Å². The maximum absolute atomic E-state index is 11.5. The van der Waals surface area contributed by atoms with Gasteiger partial charge in [0.25, 0.3) is 5.91 Å². The Kier molecular flexibility index (Phi) is 5.91. The summed E-state index contributed by atoms with van der Waals surface area (Å²) in [5.41, 5.74) is 0.361. The minimum Gasteiger partial charge on any atom is -0.484 e. The average Bonchev–Trinajstić information content (AvgIpc) is 2.35. The summed E-state index contributed by atoms with van der Waals surface area (Å²) in [6.07, 6.45) is 0. The van der Waals surface area contributed by atoms with Crippen LogP contribution in [-0.2, 0) is 14.8 Å². The van der Waals surface area contributed by atoms with Crippen molar-refractivity contribution in [3.63, 3.8) is 0 Å². The lowest BCUT2D eigenvalue weighted by Gasteiger charge is -2.09. The van der Waals surface area contributed by atoms with E-state index in [1.807, 2.05) is 0 Å². The summed E-state index contributed by atoms with van der Waals surface area (Å²) in [5, 5.41) is 2.41. The summed E-state index contributed by atoms with van der Waals surface area (Å²) in [6, 6.07) is 6.33. The third kappa shape index (κ3) is 5.80. The standard InChI is InChI=1S/C11H15ClN2O4S/c1-13-11(15)8-18-10-4-2-3-9(7-10)14-19(16,17)6-5-12/h2-4,7,14H,5-6,8H2,1H3,(H,13,15). The summed E-state index contributed by atoms with van der Waals surface area (Å²) in [7, 11) is -1.95. The molecular formula is C11H15ClN2O4S. The van der Waals surface area contributed by atoms with E-state index in [-0.39, 0.29) is 24.1 Å². The molecule has 2 N–H and O–H groups in total. The Balaban J connectivity index is 2.69. The first-order valence-corrected chi connectivity index (χ1v) is 7.65. The van der Waals surface area contributed by atoms with Crippen molar-refractivity contribution in [2.75, 3.05) is 30.0 Å². The highest BCUT2D eigenvalue weighted by Gasteiger charge is 2.09. The fourth-order valence-electron chi connectivity index (χ4n) is 1.20. The first kappa shape index (κ1) is 15.6. The maximum Gasteiger partial charge on any atom is 0.257 e. The first-order chi connectivity index (χ1) is 8.96. The Morgan fingerprint density at radius 1 is 1.42 bits per heavy atom. The van der Waals surface area contributed by atoms with Crippen LogP contribution in [0.2, 0.25) is 0 Å². The van der Waals surface area contributed by atoms with Gasteiger partial charge in [0, 0.05) is 19.0 Å². The number of carbonyl (C=O) groups is 1. The molecule has 19 heavy (non-hydrogen) atoms. The van der Waals surface area contributed by atoms with Gasteiger partial charge >= 0.3 is 0 Å². The molecule has 0 aliphatic carbocycles. The van der Waals surface area contributed by atoms with Crippen molar-refractivity contribution in [3.05, 3.63) is 24.3 Å². The van der Waals surface area contributed by atoms with Crippen molar-refractivity contribution in [2.24, 2.45) is 0 Å². The van der Waals surface area contributed by atoms with Crippen molar-refractivity contribution in [3.8, 4) is 5.75 Å². The number of hydrogen-bond donors (Lipinski definition) is 2. The number of rotatable bonds is 7. The van der Waals surface area contributed by atoms with Gasteiger partial charge in [-0.05, 0) is 12.1 Å². The van der Waals surface area contributed by atoms with Crippen molar-refractivity contribution in [1.82, 2.24) is 5.32 Å². The van der Waals surface area contributed by atoms with Crippen LogP contribution in [-0.4, -0.2) is 39.6 Å². The summed E-state index contributed by atoms with van der Waals surface area (Å²) in [6.45, 7) is -0.131. The van der Waals surface area contributed by atoms with Crippen LogP contribution in [0.3, 0.4) is 0 Å². The number of hydrogen-bond acceptors (Lipinski definition) is 4. The van der Waals surface area contributed by atoms with Crippen LogP contribution in [0, 0.1) is 0 Å². The highest BCUT2D eigenvalue weighted by molar-refractivity contribution is 7.92. The number of carbonyl (C=O) groups excluding carboxylic acids is 1. The van der Waals surface area contributed by atoms with Crippen molar-refractivity contribution < 1.29 is 17.9 Å². The molecule has 1 aromatic rings. The molecule has 0 radical (unpaired) electrons. The molecule has 0 saturated heterocycles. The van der Waals surface area contributed by atoms with Gasteiger partial charge in [0.1, 0.15) is 5.75 Å². The lowest BCUT2D eigenvalue weighted by Crippen LogP contribution is -2.24. The van der Waals surface area contributed by atoms with Crippen LogP contribution in [0.25, 0.3) is 0 Å². The fourth-order valence-corrected chi connectivity index (χ4v) is 2.60. The third-order valence-electron chi connectivity index (χ3n) is 2.10. The van der Waals surface area contributed by atoms with Gasteiger partial charge in [-0.25, -0.2) is 8.42 Å². The molecule has 0 saturated carbocycles. The van der Waals surface area contributed by atoms with Gasteiger partial charge in [0.05, 0.1) is 11.4 Å². The minimum atomic E-state index is -3.45. The predicted molar refractivity (Wildman–Crippen MR) is 74.1 cm³/mol. The molecule has 6 nitrogen and oxygen atoms in total. The first-order valence-electron chi connectivity index (χ1n) is 5.47.